The predicted octanol–water partition coefficient (Wildman–Crippen LogP) is 0.950. The van der Waals surface area contributed by atoms with Crippen LogP contribution in [0.5, 0.6) is 0 Å². The predicted molar refractivity (Wildman–Crippen MR) is 70.6 cm³/mol. The van der Waals surface area contributed by atoms with Crippen molar-refractivity contribution in [2.75, 3.05) is 6.54 Å². The molecule has 0 aliphatic heterocycles. The Kier molecular flexibility index (Phi) is 4.77. The molecule has 0 fully saturated rings. The average molecular weight is 271 g/mol. The SMILES string of the molecule is O=C(CNC(=O)c1cnccn1)OCc1ccccc1. The standard InChI is InChI=1S/C14H13N3O3/c18-13(20-10-11-4-2-1-3-5-11)9-17-14(19)12-8-15-6-7-16-12/h1-8H,9-10H2,(H,17,19). The summed E-state index contributed by atoms with van der Waals surface area (Å²) in [5.74, 6) is -0.971. The minimum atomic E-state index is -0.508. The van der Waals surface area contributed by atoms with Crippen molar-refractivity contribution >= 4 is 11.9 Å². The minimum absolute atomic E-state index is 0.156. The Hall–Kier alpha value is -2.76. The van der Waals surface area contributed by atoms with Crippen LogP contribution in [0.4, 0.5) is 0 Å². The van der Waals surface area contributed by atoms with Gasteiger partial charge in [0.15, 0.2) is 0 Å². The molecule has 0 aliphatic carbocycles. The van der Waals surface area contributed by atoms with E-state index in [1.165, 1.54) is 18.6 Å². The van der Waals surface area contributed by atoms with Gasteiger partial charge in [0.05, 0.1) is 6.20 Å². The van der Waals surface area contributed by atoms with Crippen LogP contribution < -0.4 is 5.32 Å². The van der Waals surface area contributed by atoms with E-state index in [-0.39, 0.29) is 18.8 Å². The van der Waals surface area contributed by atoms with Crippen molar-refractivity contribution in [3.05, 3.63) is 60.2 Å². The van der Waals surface area contributed by atoms with E-state index in [1.54, 1.807) is 0 Å². The number of carbonyl (C=O) groups is 2. The molecule has 20 heavy (non-hydrogen) atoms. The summed E-state index contributed by atoms with van der Waals surface area (Å²) in [5, 5.41) is 2.42. The summed E-state index contributed by atoms with van der Waals surface area (Å²) < 4.78 is 5.02. The molecule has 6 heteroatoms. The van der Waals surface area contributed by atoms with Crippen molar-refractivity contribution in [1.29, 1.82) is 0 Å². The second-order valence-corrected chi connectivity index (χ2v) is 3.92. The lowest BCUT2D eigenvalue weighted by atomic mass is 10.2. The van der Waals surface area contributed by atoms with Crippen LogP contribution in [0.1, 0.15) is 16.1 Å². The highest BCUT2D eigenvalue weighted by Crippen LogP contribution is 2.00. The van der Waals surface area contributed by atoms with Gasteiger partial charge in [-0.25, -0.2) is 4.98 Å². The Morgan fingerprint density at radius 2 is 1.95 bits per heavy atom. The lowest BCUT2D eigenvalue weighted by Gasteiger charge is -2.06. The van der Waals surface area contributed by atoms with Crippen molar-refractivity contribution in [2.45, 2.75) is 6.61 Å². The van der Waals surface area contributed by atoms with Gasteiger partial charge in [0.1, 0.15) is 18.8 Å². The molecule has 0 atom stereocenters. The average Bonchev–Trinajstić information content (AvgIpc) is 2.52. The molecule has 0 aliphatic rings. The maximum absolute atomic E-state index is 11.6. The summed E-state index contributed by atoms with van der Waals surface area (Å²) in [7, 11) is 0. The van der Waals surface area contributed by atoms with Crippen LogP contribution in [0.2, 0.25) is 0 Å². The third kappa shape index (κ3) is 4.16. The topological polar surface area (TPSA) is 81.2 Å². The van der Waals surface area contributed by atoms with E-state index in [4.69, 9.17) is 4.74 Å². The molecule has 0 saturated carbocycles. The van der Waals surface area contributed by atoms with Crippen LogP contribution in [-0.4, -0.2) is 28.4 Å². The van der Waals surface area contributed by atoms with Crippen molar-refractivity contribution in [3.63, 3.8) is 0 Å². The van der Waals surface area contributed by atoms with Gasteiger partial charge >= 0.3 is 5.97 Å². The van der Waals surface area contributed by atoms with E-state index in [9.17, 15) is 9.59 Å². The fourth-order valence-corrected chi connectivity index (χ4v) is 1.45. The molecule has 0 bridgehead atoms. The third-order valence-corrected chi connectivity index (χ3v) is 2.43. The number of carbonyl (C=O) groups excluding carboxylic acids is 2. The fraction of sp³-hybridized carbons (Fsp3) is 0.143. The van der Waals surface area contributed by atoms with Gasteiger partial charge in [-0.1, -0.05) is 30.3 Å². The van der Waals surface area contributed by atoms with E-state index < -0.39 is 11.9 Å². The maximum Gasteiger partial charge on any atom is 0.325 e. The van der Waals surface area contributed by atoms with Crippen LogP contribution in [-0.2, 0) is 16.1 Å². The number of benzene rings is 1. The Labute approximate surface area is 115 Å². The van der Waals surface area contributed by atoms with Crippen LogP contribution in [0.3, 0.4) is 0 Å². The van der Waals surface area contributed by atoms with Crippen molar-refractivity contribution < 1.29 is 14.3 Å². The van der Waals surface area contributed by atoms with E-state index in [0.29, 0.717) is 0 Å². The molecule has 1 N–H and O–H groups in total. The number of aromatic nitrogens is 2. The molecule has 1 aromatic heterocycles. The Morgan fingerprint density at radius 3 is 2.65 bits per heavy atom. The first-order valence-electron chi connectivity index (χ1n) is 5.99. The van der Waals surface area contributed by atoms with Crippen molar-refractivity contribution in [2.24, 2.45) is 0 Å². The number of ether oxygens (including phenoxy) is 1. The van der Waals surface area contributed by atoms with Gasteiger partial charge < -0.3 is 10.1 Å². The molecule has 0 unspecified atom stereocenters. The first-order chi connectivity index (χ1) is 9.75. The highest BCUT2D eigenvalue weighted by molar-refractivity contribution is 5.93. The summed E-state index contributed by atoms with van der Waals surface area (Å²) in [6.07, 6.45) is 4.19. The second kappa shape index (κ2) is 6.98. The molecule has 102 valence electrons. The van der Waals surface area contributed by atoms with Gasteiger partial charge in [-0.3, -0.25) is 14.6 Å². The van der Waals surface area contributed by atoms with Crippen LogP contribution >= 0.6 is 0 Å². The van der Waals surface area contributed by atoms with Gasteiger partial charge in [-0.05, 0) is 5.56 Å². The van der Waals surface area contributed by atoms with E-state index >= 15 is 0 Å². The van der Waals surface area contributed by atoms with E-state index in [1.807, 2.05) is 30.3 Å². The number of hydrogen-bond acceptors (Lipinski definition) is 5. The lowest BCUT2D eigenvalue weighted by Crippen LogP contribution is -2.31. The van der Waals surface area contributed by atoms with Crippen LogP contribution in [0.25, 0.3) is 0 Å². The molecule has 6 nitrogen and oxygen atoms in total. The van der Waals surface area contributed by atoms with Crippen molar-refractivity contribution in [1.82, 2.24) is 15.3 Å². The zero-order chi connectivity index (χ0) is 14.2. The molecule has 1 amide bonds. The largest absolute Gasteiger partial charge is 0.460 e. The van der Waals surface area contributed by atoms with Gasteiger partial charge in [0, 0.05) is 12.4 Å². The van der Waals surface area contributed by atoms with Crippen LogP contribution in [0, 0.1) is 0 Å². The summed E-state index contributed by atoms with van der Waals surface area (Å²) in [4.78, 5) is 30.7. The van der Waals surface area contributed by atoms with Gasteiger partial charge in [-0.15, -0.1) is 0 Å². The maximum atomic E-state index is 11.6. The molecule has 0 radical (unpaired) electrons. The zero-order valence-corrected chi connectivity index (χ0v) is 10.7. The highest BCUT2D eigenvalue weighted by atomic mass is 16.5. The molecule has 1 aromatic carbocycles. The Morgan fingerprint density at radius 1 is 1.15 bits per heavy atom. The Balaban J connectivity index is 1.74. The van der Waals surface area contributed by atoms with E-state index in [0.717, 1.165) is 5.56 Å². The number of rotatable bonds is 5. The smallest absolute Gasteiger partial charge is 0.325 e. The second-order valence-electron chi connectivity index (χ2n) is 3.92. The summed E-state index contributed by atoms with van der Waals surface area (Å²) in [6, 6.07) is 9.31. The highest BCUT2D eigenvalue weighted by Gasteiger charge is 2.09. The lowest BCUT2D eigenvalue weighted by molar-refractivity contribution is -0.143. The summed E-state index contributed by atoms with van der Waals surface area (Å²) in [6.45, 7) is -0.0249. The minimum Gasteiger partial charge on any atom is -0.460 e. The quantitative estimate of drug-likeness (QED) is 0.819. The molecule has 2 rings (SSSR count). The molecule has 0 spiro atoms. The monoisotopic (exact) mass is 271 g/mol. The van der Waals surface area contributed by atoms with Gasteiger partial charge in [-0.2, -0.15) is 0 Å². The number of amides is 1. The molecular formula is C14H13N3O3. The molecular weight excluding hydrogens is 258 g/mol. The van der Waals surface area contributed by atoms with Gasteiger partial charge in [0.25, 0.3) is 5.91 Å². The van der Waals surface area contributed by atoms with E-state index in [2.05, 4.69) is 15.3 Å². The zero-order valence-electron chi connectivity index (χ0n) is 10.7. The van der Waals surface area contributed by atoms with Crippen LogP contribution in [0.15, 0.2) is 48.9 Å². The van der Waals surface area contributed by atoms with Crippen molar-refractivity contribution in [3.8, 4) is 0 Å². The summed E-state index contributed by atoms with van der Waals surface area (Å²) in [5.41, 5.74) is 1.05. The molecule has 0 saturated heterocycles. The Bertz CT molecular complexity index is 573. The number of nitrogens with zero attached hydrogens (tertiary/aromatic N) is 2. The first-order valence-corrected chi connectivity index (χ1v) is 5.99. The number of esters is 1. The summed E-state index contributed by atoms with van der Waals surface area (Å²) >= 11 is 0. The first kappa shape index (κ1) is 13.7. The normalized spacial score (nSPS) is 9.80. The van der Waals surface area contributed by atoms with Gasteiger partial charge in [0.2, 0.25) is 0 Å². The fourth-order valence-electron chi connectivity index (χ4n) is 1.45. The molecule has 1 heterocycles. The number of nitrogens with one attached hydrogen (secondary N) is 1. The third-order valence-electron chi connectivity index (χ3n) is 2.43. The number of hydrogen-bond donors (Lipinski definition) is 1. The molecule has 2 aromatic rings.